The number of rotatable bonds is 6. The van der Waals surface area contributed by atoms with Crippen LogP contribution in [0.25, 0.3) is 0 Å². The van der Waals surface area contributed by atoms with Gasteiger partial charge in [0.1, 0.15) is 11.4 Å². The Hall–Kier alpha value is -2.77. The standard InChI is InChI=1S/C16H21FN4O3/c1-5-19-9-12(8-18)21(15(23)24-16(2,3)4)13-7-6-11(10-22)14(17)20-13/h6-10,18-19H,5H2,1-4H3/b12-9+,18-8?. The molecule has 7 nitrogen and oxygen atoms in total. The summed E-state index contributed by atoms with van der Waals surface area (Å²) in [5.74, 6) is -1.11. The summed E-state index contributed by atoms with van der Waals surface area (Å²) < 4.78 is 19.1. The number of hydrogen-bond donors (Lipinski definition) is 2. The molecule has 0 fully saturated rings. The lowest BCUT2D eigenvalue weighted by Gasteiger charge is -2.27. The number of halogens is 1. The second-order valence-corrected chi connectivity index (χ2v) is 5.75. The van der Waals surface area contributed by atoms with E-state index in [4.69, 9.17) is 10.1 Å². The van der Waals surface area contributed by atoms with Crippen LogP contribution in [0.15, 0.2) is 24.0 Å². The first-order valence-electron chi connectivity index (χ1n) is 7.32. The molecule has 0 aliphatic carbocycles. The number of hydrogen-bond acceptors (Lipinski definition) is 6. The predicted octanol–water partition coefficient (Wildman–Crippen LogP) is 2.88. The number of nitrogens with zero attached hydrogens (tertiary/aromatic N) is 2. The zero-order valence-corrected chi connectivity index (χ0v) is 14.1. The lowest BCUT2D eigenvalue weighted by atomic mass is 10.2. The quantitative estimate of drug-likeness (QED) is 0.473. The topological polar surface area (TPSA) is 95.4 Å². The second kappa shape index (κ2) is 8.19. The number of aldehydes is 1. The molecule has 0 atom stereocenters. The third kappa shape index (κ3) is 5.15. The highest BCUT2D eigenvalue weighted by Gasteiger charge is 2.27. The Morgan fingerprint density at radius 2 is 2.12 bits per heavy atom. The molecule has 1 rings (SSSR count). The molecule has 0 aliphatic rings. The summed E-state index contributed by atoms with van der Waals surface area (Å²) in [5, 5.41) is 10.4. The summed E-state index contributed by atoms with van der Waals surface area (Å²) in [6.45, 7) is 7.46. The first-order valence-corrected chi connectivity index (χ1v) is 7.32. The molecule has 24 heavy (non-hydrogen) atoms. The fraction of sp³-hybridized carbons (Fsp3) is 0.375. The van der Waals surface area contributed by atoms with Crippen LogP contribution in [0.1, 0.15) is 38.1 Å². The number of carbonyl (C=O) groups is 2. The van der Waals surface area contributed by atoms with Crippen molar-refractivity contribution in [2.24, 2.45) is 0 Å². The van der Waals surface area contributed by atoms with Crippen molar-refractivity contribution in [3.8, 4) is 0 Å². The Morgan fingerprint density at radius 3 is 2.58 bits per heavy atom. The molecule has 0 saturated carbocycles. The van der Waals surface area contributed by atoms with E-state index in [-0.39, 0.29) is 17.1 Å². The van der Waals surface area contributed by atoms with Gasteiger partial charge < -0.3 is 15.5 Å². The van der Waals surface area contributed by atoms with Gasteiger partial charge in [0.25, 0.3) is 0 Å². The molecule has 0 spiro atoms. The highest BCUT2D eigenvalue weighted by Crippen LogP contribution is 2.21. The molecule has 1 heterocycles. The Bertz CT molecular complexity index is 653. The fourth-order valence-corrected chi connectivity index (χ4v) is 1.66. The molecule has 0 unspecified atom stereocenters. The lowest BCUT2D eigenvalue weighted by Crippen LogP contribution is -2.38. The van der Waals surface area contributed by atoms with Crippen LogP contribution in [-0.4, -0.2) is 35.7 Å². The molecule has 1 aromatic rings. The molecular formula is C16H21FN4O3. The summed E-state index contributed by atoms with van der Waals surface area (Å²) >= 11 is 0. The summed E-state index contributed by atoms with van der Waals surface area (Å²) in [6.07, 6.45) is 1.85. The monoisotopic (exact) mass is 336 g/mol. The van der Waals surface area contributed by atoms with Gasteiger partial charge in [-0.15, -0.1) is 0 Å². The zero-order chi connectivity index (χ0) is 18.3. The van der Waals surface area contributed by atoms with Crippen molar-refractivity contribution in [1.82, 2.24) is 10.3 Å². The third-order valence-corrected chi connectivity index (χ3v) is 2.66. The van der Waals surface area contributed by atoms with Gasteiger partial charge in [0.15, 0.2) is 6.29 Å². The van der Waals surface area contributed by atoms with E-state index in [9.17, 15) is 14.0 Å². The van der Waals surface area contributed by atoms with E-state index in [1.807, 2.05) is 6.92 Å². The molecule has 130 valence electrons. The molecule has 0 bridgehead atoms. The van der Waals surface area contributed by atoms with E-state index < -0.39 is 17.6 Å². The van der Waals surface area contributed by atoms with Crippen LogP contribution in [0.3, 0.4) is 0 Å². The smallest absolute Gasteiger partial charge is 0.420 e. The largest absolute Gasteiger partial charge is 0.443 e. The highest BCUT2D eigenvalue weighted by molar-refractivity contribution is 5.99. The molecular weight excluding hydrogens is 315 g/mol. The van der Waals surface area contributed by atoms with E-state index in [1.54, 1.807) is 20.8 Å². The van der Waals surface area contributed by atoms with Gasteiger partial charge in [-0.25, -0.2) is 14.7 Å². The maximum atomic E-state index is 13.8. The Kier molecular flexibility index (Phi) is 6.58. The number of anilines is 1. The van der Waals surface area contributed by atoms with Crippen molar-refractivity contribution in [3.05, 3.63) is 35.5 Å². The Morgan fingerprint density at radius 1 is 1.46 bits per heavy atom. The summed E-state index contributed by atoms with van der Waals surface area (Å²) in [4.78, 5) is 27.8. The van der Waals surface area contributed by atoms with Crippen LogP contribution in [0.5, 0.6) is 0 Å². The van der Waals surface area contributed by atoms with Crippen LogP contribution in [0.2, 0.25) is 0 Å². The van der Waals surface area contributed by atoms with Gasteiger partial charge in [-0.05, 0) is 39.8 Å². The van der Waals surface area contributed by atoms with E-state index in [0.29, 0.717) is 12.8 Å². The number of carbonyl (C=O) groups excluding carboxylic acids is 2. The minimum absolute atomic E-state index is 0.0972. The van der Waals surface area contributed by atoms with E-state index >= 15 is 0 Å². The molecule has 8 heteroatoms. The number of nitrogens with one attached hydrogen (secondary N) is 2. The van der Waals surface area contributed by atoms with Gasteiger partial charge in [0, 0.05) is 19.0 Å². The van der Waals surface area contributed by atoms with Gasteiger partial charge in [-0.3, -0.25) is 4.79 Å². The van der Waals surface area contributed by atoms with Gasteiger partial charge in [-0.2, -0.15) is 4.39 Å². The SMILES string of the molecule is CCN/C=C(\C=N)N(C(=O)OC(C)(C)C)c1ccc(C=O)c(F)n1. The summed E-state index contributed by atoms with van der Waals surface area (Å²) in [5.41, 5.74) is -0.908. The average molecular weight is 336 g/mol. The van der Waals surface area contributed by atoms with Crippen LogP contribution in [0.4, 0.5) is 15.0 Å². The number of aromatic nitrogens is 1. The number of pyridine rings is 1. The average Bonchev–Trinajstić information content (AvgIpc) is 2.49. The molecule has 0 saturated heterocycles. The highest BCUT2D eigenvalue weighted by atomic mass is 19.1. The van der Waals surface area contributed by atoms with E-state index in [1.165, 1.54) is 18.3 Å². The van der Waals surface area contributed by atoms with Crippen LogP contribution in [-0.2, 0) is 4.74 Å². The van der Waals surface area contributed by atoms with Gasteiger partial charge >= 0.3 is 6.09 Å². The lowest BCUT2D eigenvalue weighted by molar-refractivity contribution is 0.0593. The maximum Gasteiger partial charge on any atom is 0.420 e. The Labute approximate surface area is 140 Å². The molecule has 0 aliphatic heterocycles. The second-order valence-electron chi connectivity index (χ2n) is 5.75. The van der Waals surface area contributed by atoms with Crippen molar-refractivity contribution >= 4 is 24.4 Å². The van der Waals surface area contributed by atoms with E-state index in [2.05, 4.69) is 10.3 Å². The fourth-order valence-electron chi connectivity index (χ4n) is 1.66. The third-order valence-electron chi connectivity index (χ3n) is 2.66. The summed E-state index contributed by atoms with van der Waals surface area (Å²) in [7, 11) is 0. The molecule has 0 aromatic carbocycles. The van der Waals surface area contributed by atoms with Gasteiger partial charge in [-0.1, -0.05) is 0 Å². The minimum atomic E-state index is -1.01. The molecule has 1 amide bonds. The normalized spacial score (nSPS) is 11.6. The van der Waals surface area contributed by atoms with Crippen molar-refractivity contribution in [1.29, 1.82) is 5.41 Å². The molecule has 0 radical (unpaired) electrons. The number of amides is 1. The minimum Gasteiger partial charge on any atom is -0.443 e. The van der Waals surface area contributed by atoms with Crippen molar-refractivity contribution < 1.29 is 18.7 Å². The maximum absolute atomic E-state index is 13.8. The van der Waals surface area contributed by atoms with Crippen LogP contribution in [0, 0.1) is 11.4 Å². The van der Waals surface area contributed by atoms with Crippen molar-refractivity contribution in [2.75, 3.05) is 11.4 Å². The van der Waals surface area contributed by atoms with E-state index in [0.717, 1.165) is 11.1 Å². The summed E-state index contributed by atoms with van der Waals surface area (Å²) in [6, 6.07) is 2.51. The predicted molar refractivity (Wildman–Crippen MR) is 88.8 cm³/mol. The van der Waals surface area contributed by atoms with Gasteiger partial charge in [0.2, 0.25) is 5.95 Å². The van der Waals surface area contributed by atoms with Crippen LogP contribution < -0.4 is 10.2 Å². The first-order chi connectivity index (χ1) is 11.2. The van der Waals surface area contributed by atoms with Gasteiger partial charge in [0.05, 0.1) is 11.3 Å². The van der Waals surface area contributed by atoms with Crippen molar-refractivity contribution in [3.63, 3.8) is 0 Å². The zero-order valence-electron chi connectivity index (χ0n) is 14.1. The number of allylic oxidation sites excluding steroid dienone is 1. The first kappa shape index (κ1) is 19.3. The molecule has 1 aromatic heterocycles. The van der Waals surface area contributed by atoms with Crippen LogP contribution >= 0.6 is 0 Å². The Balaban J connectivity index is 3.36. The van der Waals surface area contributed by atoms with Crippen molar-refractivity contribution in [2.45, 2.75) is 33.3 Å². The number of ether oxygens (including phenoxy) is 1. The molecule has 2 N–H and O–H groups in total.